The third kappa shape index (κ3) is 3.46. The Hall–Kier alpha value is -4.18. The molecule has 0 heterocycles. The fraction of sp³-hybridized carbons (Fsp3) is 0.0714. The first kappa shape index (κ1) is 19.8. The molecule has 4 heteroatoms. The van der Waals surface area contributed by atoms with Crippen LogP contribution in [-0.4, -0.2) is 10.2 Å². The monoisotopic (exact) mass is 420 g/mol. The lowest BCUT2D eigenvalue weighted by Crippen LogP contribution is -1.97. The van der Waals surface area contributed by atoms with E-state index in [4.69, 9.17) is 0 Å². The molecule has 5 aromatic carbocycles. The normalized spacial score (nSPS) is 11.1. The van der Waals surface area contributed by atoms with Crippen LogP contribution in [0.1, 0.15) is 11.1 Å². The van der Waals surface area contributed by atoms with Crippen molar-refractivity contribution in [2.45, 2.75) is 13.8 Å². The van der Waals surface area contributed by atoms with Crippen molar-refractivity contribution in [2.75, 3.05) is 10.6 Å². The van der Waals surface area contributed by atoms with Crippen molar-refractivity contribution in [3.8, 4) is 11.5 Å². The zero-order valence-electron chi connectivity index (χ0n) is 18.0. The first-order valence-electron chi connectivity index (χ1n) is 10.6. The summed E-state index contributed by atoms with van der Waals surface area (Å²) in [6.07, 6.45) is 0. The maximum Gasteiger partial charge on any atom is 0.133 e. The van der Waals surface area contributed by atoms with Gasteiger partial charge in [-0.1, -0.05) is 59.7 Å². The minimum absolute atomic E-state index is 0.135. The summed E-state index contributed by atoms with van der Waals surface area (Å²) in [6, 6.07) is 27.3. The molecule has 32 heavy (non-hydrogen) atoms. The summed E-state index contributed by atoms with van der Waals surface area (Å²) in [4.78, 5) is 0. The van der Waals surface area contributed by atoms with Gasteiger partial charge in [-0.15, -0.1) is 0 Å². The van der Waals surface area contributed by atoms with E-state index in [2.05, 4.69) is 10.6 Å². The topological polar surface area (TPSA) is 64.5 Å². The molecule has 5 aromatic rings. The van der Waals surface area contributed by atoms with Gasteiger partial charge in [-0.05, 0) is 50.2 Å². The fourth-order valence-corrected chi connectivity index (χ4v) is 4.05. The molecule has 0 aliphatic heterocycles. The number of aryl methyl sites for hydroxylation is 2. The lowest BCUT2D eigenvalue weighted by molar-refractivity contribution is 0.479. The highest BCUT2D eigenvalue weighted by molar-refractivity contribution is 6.19. The maximum atomic E-state index is 11.3. The summed E-state index contributed by atoms with van der Waals surface area (Å²) in [5.74, 6) is 0.270. The van der Waals surface area contributed by atoms with Gasteiger partial charge in [0.1, 0.15) is 11.5 Å². The molecule has 0 fully saturated rings. The van der Waals surface area contributed by atoms with Crippen LogP contribution in [0.5, 0.6) is 11.5 Å². The molecule has 0 bridgehead atoms. The summed E-state index contributed by atoms with van der Waals surface area (Å²) >= 11 is 0. The van der Waals surface area contributed by atoms with Gasteiger partial charge in [-0.2, -0.15) is 0 Å². The minimum atomic E-state index is 0.135. The highest BCUT2D eigenvalue weighted by Crippen LogP contribution is 2.48. The predicted molar refractivity (Wildman–Crippen MR) is 134 cm³/mol. The first-order valence-corrected chi connectivity index (χ1v) is 10.6. The van der Waals surface area contributed by atoms with Crippen LogP contribution in [0.25, 0.3) is 21.5 Å². The number of phenols is 2. The van der Waals surface area contributed by atoms with Crippen molar-refractivity contribution >= 4 is 44.3 Å². The van der Waals surface area contributed by atoms with Crippen LogP contribution in [0.2, 0.25) is 0 Å². The number of hydrogen-bond acceptors (Lipinski definition) is 4. The molecule has 0 saturated heterocycles. The van der Waals surface area contributed by atoms with Gasteiger partial charge in [-0.3, -0.25) is 0 Å². The van der Waals surface area contributed by atoms with Crippen LogP contribution >= 0.6 is 0 Å². The summed E-state index contributed by atoms with van der Waals surface area (Å²) in [6.45, 7) is 4.08. The maximum absolute atomic E-state index is 11.3. The molecule has 0 aromatic heterocycles. The lowest BCUT2D eigenvalue weighted by atomic mass is 9.97. The number of anilines is 4. The Kier molecular flexibility index (Phi) is 4.83. The number of benzene rings is 5. The second-order valence-electron chi connectivity index (χ2n) is 8.14. The van der Waals surface area contributed by atoms with E-state index in [0.717, 1.165) is 22.7 Å². The van der Waals surface area contributed by atoms with Gasteiger partial charge in [0.2, 0.25) is 0 Å². The van der Waals surface area contributed by atoms with E-state index >= 15 is 0 Å². The average molecular weight is 421 g/mol. The van der Waals surface area contributed by atoms with Crippen LogP contribution in [0.4, 0.5) is 22.7 Å². The van der Waals surface area contributed by atoms with Crippen LogP contribution < -0.4 is 10.6 Å². The SMILES string of the molecule is Cc1ccc(Nc2ccc(Nc3ccc(C)cc3)c3c(O)c4ccccc4c(O)c23)cc1. The summed E-state index contributed by atoms with van der Waals surface area (Å²) in [7, 11) is 0. The second-order valence-corrected chi connectivity index (χ2v) is 8.14. The molecular weight excluding hydrogens is 396 g/mol. The van der Waals surface area contributed by atoms with Crippen molar-refractivity contribution in [3.63, 3.8) is 0 Å². The Bertz CT molecular complexity index is 1330. The molecule has 0 aliphatic rings. The predicted octanol–water partition coefficient (Wildman–Crippen LogP) is 7.51. The van der Waals surface area contributed by atoms with E-state index < -0.39 is 0 Å². The highest BCUT2D eigenvalue weighted by atomic mass is 16.3. The van der Waals surface area contributed by atoms with Crippen LogP contribution in [0, 0.1) is 13.8 Å². The minimum Gasteiger partial charge on any atom is -0.507 e. The molecule has 0 spiro atoms. The van der Waals surface area contributed by atoms with Gasteiger partial charge in [-0.25, -0.2) is 0 Å². The van der Waals surface area contributed by atoms with Gasteiger partial charge < -0.3 is 20.8 Å². The summed E-state index contributed by atoms with van der Waals surface area (Å²) in [5, 5.41) is 31.7. The standard InChI is InChI=1S/C28H24N2O2/c1-17-7-11-19(12-8-17)29-23-15-16-24(30-20-13-9-18(2)10-14-20)26-25(23)27(31)21-5-3-4-6-22(21)28(26)32/h3-16,29-32H,1-2H3. The van der Waals surface area contributed by atoms with Crippen molar-refractivity contribution in [2.24, 2.45) is 0 Å². The quantitative estimate of drug-likeness (QED) is 0.179. The van der Waals surface area contributed by atoms with Crippen LogP contribution in [-0.2, 0) is 0 Å². The van der Waals surface area contributed by atoms with E-state index in [0.29, 0.717) is 21.5 Å². The van der Waals surface area contributed by atoms with Crippen molar-refractivity contribution in [1.82, 2.24) is 0 Å². The zero-order valence-corrected chi connectivity index (χ0v) is 18.0. The number of nitrogens with one attached hydrogen (secondary N) is 2. The molecule has 0 saturated carbocycles. The summed E-state index contributed by atoms with van der Waals surface area (Å²) < 4.78 is 0. The largest absolute Gasteiger partial charge is 0.507 e. The van der Waals surface area contributed by atoms with Crippen molar-refractivity contribution < 1.29 is 10.2 Å². The van der Waals surface area contributed by atoms with Gasteiger partial charge in [0.15, 0.2) is 0 Å². The number of phenolic OH excluding ortho intramolecular Hbond substituents is 2. The molecule has 4 N–H and O–H groups in total. The number of hydrogen-bond donors (Lipinski definition) is 4. The molecule has 0 amide bonds. The molecule has 0 radical (unpaired) electrons. The lowest BCUT2D eigenvalue weighted by Gasteiger charge is -2.18. The third-order valence-electron chi connectivity index (χ3n) is 5.78. The average Bonchev–Trinajstić information content (AvgIpc) is 2.81. The van der Waals surface area contributed by atoms with E-state index in [1.54, 1.807) is 0 Å². The van der Waals surface area contributed by atoms with Crippen LogP contribution in [0.15, 0.2) is 84.9 Å². The van der Waals surface area contributed by atoms with E-state index in [9.17, 15) is 10.2 Å². The third-order valence-corrected chi connectivity index (χ3v) is 5.78. The van der Waals surface area contributed by atoms with E-state index in [-0.39, 0.29) is 11.5 Å². The van der Waals surface area contributed by atoms with Gasteiger partial charge in [0, 0.05) is 22.1 Å². The Balaban J connectivity index is 1.75. The zero-order chi connectivity index (χ0) is 22.2. The molecular formula is C28H24N2O2. The Labute approximate surface area is 186 Å². The van der Waals surface area contributed by atoms with Gasteiger partial charge >= 0.3 is 0 Å². The van der Waals surface area contributed by atoms with Crippen LogP contribution in [0.3, 0.4) is 0 Å². The van der Waals surface area contributed by atoms with Crippen molar-refractivity contribution in [3.05, 3.63) is 96.1 Å². The van der Waals surface area contributed by atoms with Crippen molar-refractivity contribution in [1.29, 1.82) is 0 Å². The van der Waals surface area contributed by atoms with Gasteiger partial charge in [0.05, 0.1) is 22.1 Å². The highest BCUT2D eigenvalue weighted by Gasteiger charge is 2.19. The summed E-state index contributed by atoms with van der Waals surface area (Å²) in [5.41, 5.74) is 5.59. The Morgan fingerprint density at radius 2 is 0.875 bits per heavy atom. The first-order chi connectivity index (χ1) is 15.5. The number of rotatable bonds is 4. The van der Waals surface area contributed by atoms with E-state index in [1.807, 2.05) is 98.8 Å². The molecule has 158 valence electrons. The number of aromatic hydroxyl groups is 2. The molecule has 5 rings (SSSR count). The molecule has 4 nitrogen and oxygen atoms in total. The molecule has 0 atom stereocenters. The Morgan fingerprint density at radius 1 is 0.500 bits per heavy atom. The second kappa shape index (κ2) is 7.82. The fourth-order valence-electron chi connectivity index (χ4n) is 4.05. The Morgan fingerprint density at radius 3 is 1.25 bits per heavy atom. The molecule has 0 aliphatic carbocycles. The van der Waals surface area contributed by atoms with E-state index in [1.165, 1.54) is 11.1 Å². The smallest absolute Gasteiger partial charge is 0.133 e. The molecule has 0 unspecified atom stereocenters. The number of fused-ring (bicyclic) bond motifs is 2. The van der Waals surface area contributed by atoms with Gasteiger partial charge in [0.25, 0.3) is 0 Å².